The van der Waals surface area contributed by atoms with E-state index in [0.29, 0.717) is 5.69 Å². The van der Waals surface area contributed by atoms with Gasteiger partial charge in [-0.05, 0) is 43.2 Å². The van der Waals surface area contributed by atoms with Crippen LogP contribution >= 0.6 is 11.8 Å². The molecule has 94 valence electrons. The van der Waals surface area contributed by atoms with E-state index in [9.17, 15) is 4.39 Å². The molecule has 0 aliphatic rings. The van der Waals surface area contributed by atoms with Gasteiger partial charge in [0.05, 0.1) is 0 Å². The lowest BCUT2D eigenvalue weighted by molar-refractivity contribution is 0.627. The Bertz CT molecular complexity index is 566. The number of thioether (sulfide) groups is 1. The van der Waals surface area contributed by atoms with E-state index in [1.165, 1.54) is 28.8 Å². The largest absolute Gasteiger partial charge is 0.398 e. The first kappa shape index (κ1) is 13.0. The van der Waals surface area contributed by atoms with Crippen LogP contribution in [0.2, 0.25) is 0 Å². The van der Waals surface area contributed by atoms with E-state index >= 15 is 0 Å². The number of hydrogen-bond donors (Lipinski definition) is 1. The summed E-state index contributed by atoms with van der Waals surface area (Å²) in [5.74, 6) is 0.562. The van der Waals surface area contributed by atoms with Gasteiger partial charge >= 0.3 is 0 Å². The van der Waals surface area contributed by atoms with Crippen molar-refractivity contribution in [2.45, 2.75) is 24.5 Å². The maximum atomic E-state index is 12.9. The van der Waals surface area contributed by atoms with E-state index in [1.54, 1.807) is 17.8 Å². The molecule has 0 aromatic heterocycles. The molecule has 3 heteroatoms. The first-order valence-corrected chi connectivity index (χ1v) is 6.79. The summed E-state index contributed by atoms with van der Waals surface area (Å²) in [4.78, 5) is 0.928. The second-order valence-electron chi connectivity index (χ2n) is 4.40. The van der Waals surface area contributed by atoms with Crippen LogP contribution in [0.15, 0.2) is 41.3 Å². The SMILES string of the molecule is Cc1ccc(C)c(CSc2ccc(F)cc2N)c1. The van der Waals surface area contributed by atoms with Crippen molar-refractivity contribution in [2.24, 2.45) is 0 Å². The fraction of sp³-hybridized carbons (Fsp3) is 0.200. The molecule has 2 aromatic carbocycles. The predicted octanol–water partition coefficient (Wildman–Crippen LogP) is 4.32. The average molecular weight is 261 g/mol. The van der Waals surface area contributed by atoms with Gasteiger partial charge in [0.2, 0.25) is 0 Å². The molecule has 2 rings (SSSR count). The third kappa shape index (κ3) is 3.05. The van der Waals surface area contributed by atoms with E-state index in [4.69, 9.17) is 5.73 Å². The van der Waals surface area contributed by atoms with Gasteiger partial charge < -0.3 is 5.73 Å². The van der Waals surface area contributed by atoms with Crippen molar-refractivity contribution in [3.8, 4) is 0 Å². The molecule has 0 atom stereocenters. The van der Waals surface area contributed by atoms with Crippen molar-refractivity contribution in [1.82, 2.24) is 0 Å². The average Bonchev–Trinajstić information content (AvgIpc) is 2.32. The molecule has 0 radical (unpaired) electrons. The molecule has 0 spiro atoms. The monoisotopic (exact) mass is 261 g/mol. The summed E-state index contributed by atoms with van der Waals surface area (Å²) in [6.07, 6.45) is 0. The molecule has 0 fully saturated rings. The molecule has 0 amide bonds. The number of hydrogen-bond acceptors (Lipinski definition) is 2. The summed E-state index contributed by atoms with van der Waals surface area (Å²) in [7, 11) is 0. The second-order valence-corrected chi connectivity index (χ2v) is 5.42. The third-order valence-electron chi connectivity index (χ3n) is 2.86. The van der Waals surface area contributed by atoms with Crippen LogP contribution in [0.4, 0.5) is 10.1 Å². The Hall–Kier alpha value is -1.48. The zero-order chi connectivity index (χ0) is 13.1. The minimum Gasteiger partial charge on any atom is -0.398 e. The molecular weight excluding hydrogens is 245 g/mol. The van der Waals surface area contributed by atoms with E-state index in [1.807, 2.05) is 0 Å². The molecule has 0 aliphatic carbocycles. The lowest BCUT2D eigenvalue weighted by atomic mass is 10.1. The summed E-state index contributed by atoms with van der Waals surface area (Å²) >= 11 is 1.64. The van der Waals surface area contributed by atoms with Crippen LogP contribution in [-0.2, 0) is 5.75 Å². The molecule has 0 bridgehead atoms. The van der Waals surface area contributed by atoms with E-state index in [0.717, 1.165) is 10.6 Å². The number of aryl methyl sites for hydroxylation is 2. The first-order chi connectivity index (χ1) is 8.56. The molecule has 0 aliphatic heterocycles. The van der Waals surface area contributed by atoms with Crippen LogP contribution < -0.4 is 5.73 Å². The van der Waals surface area contributed by atoms with E-state index in [-0.39, 0.29) is 5.82 Å². The van der Waals surface area contributed by atoms with Crippen molar-refractivity contribution >= 4 is 17.4 Å². The summed E-state index contributed by atoms with van der Waals surface area (Å²) in [6.45, 7) is 4.18. The number of halogens is 1. The highest BCUT2D eigenvalue weighted by atomic mass is 32.2. The van der Waals surface area contributed by atoms with Crippen LogP contribution in [0.3, 0.4) is 0 Å². The van der Waals surface area contributed by atoms with Crippen molar-refractivity contribution in [3.63, 3.8) is 0 Å². The summed E-state index contributed by atoms with van der Waals surface area (Å²) in [5.41, 5.74) is 10.1. The highest BCUT2D eigenvalue weighted by Crippen LogP contribution is 2.29. The standard InChI is InChI=1S/C15H16FNS/c1-10-3-4-11(2)12(7-10)9-18-15-6-5-13(16)8-14(15)17/h3-8H,9,17H2,1-2H3. The number of anilines is 1. The predicted molar refractivity (Wildman–Crippen MR) is 76.3 cm³/mol. The number of rotatable bonds is 3. The van der Waals surface area contributed by atoms with Gasteiger partial charge in [-0.3, -0.25) is 0 Å². The van der Waals surface area contributed by atoms with Crippen molar-refractivity contribution in [2.75, 3.05) is 5.73 Å². The molecule has 1 nitrogen and oxygen atoms in total. The number of nitrogen functional groups attached to an aromatic ring is 1. The van der Waals surface area contributed by atoms with Crippen LogP contribution in [0, 0.1) is 19.7 Å². The van der Waals surface area contributed by atoms with Gasteiger partial charge in [-0.25, -0.2) is 4.39 Å². The van der Waals surface area contributed by atoms with Crippen LogP contribution in [0.5, 0.6) is 0 Å². The van der Waals surface area contributed by atoms with Crippen LogP contribution in [0.25, 0.3) is 0 Å². The lowest BCUT2D eigenvalue weighted by Crippen LogP contribution is -1.92. The fourth-order valence-corrected chi connectivity index (χ4v) is 2.77. The molecule has 2 aromatic rings. The zero-order valence-electron chi connectivity index (χ0n) is 10.5. The Balaban J connectivity index is 2.13. The summed E-state index contributed by atoms with van der Waals surface area (Å²) < 4.78 is 12.9. The highest BCUT2D eigenvalue weighted by Gasteiger charge is 2.04. The first-order valence-electron chi connectivity index (χ1n) is 5.80. The van der Waals surface area contributed by atoms with Gasteiger partial charge in [-0.1, -0.05) is 23.8 Å². The normalized spacial score (nSPS) is 10.6. The Morgan fingerprint density at radius 1 is 1.11 bits per heavy atom. The quantitative estimate of drug-likeness (QED) is 0.658. The highest BCUT2D eigenvalue weighted by molar-refractivity contribution is 7.98. The molecule has 0 saturated carbocycles. The van der Waals surface area contributed by atoms with E-state index in [2.05, 4.69) is 32.0 Å². The van der Waals surface area contributed by atoms with Gasteiger partial charge in [0, 0.05) is 16.3 Å². The van der Waals surface area contributed by atoms with Gasteiger partial charge in [-0.2, -0.15) is 0 Å². The van der Waals surface area contributed by atoms with Gasteiger partial charge in [0.1, 0.15) is 5.82 Å². The maximum absolute atomic E-state index is 12.9. The smallest absolute Gasteiger partial charge is 0.125 e. The van der Waals surface area contributed by atoms with Crippen molar-refractivity contribution in [3.05, 3.63) is 58.9 Å². The minimum atomic E-state index is -0.288. The number of benzene rings is 2. The van der Waals surface area contributed by atoms with Crippen LogP contribution in [0.1, 0.15) is 16.7 Å². The molecule has 0 saturated heterocycles. The molecule has 0 unspecified atom stereocenters. The van der Waals surface area contributed by atoms with Gasteiger partial charge in [-0.15, -0.1) is 11.8 Å². The Morgan fingerprint density at radius 3 is 2.61 bits per heavy atom. The Labute approximate surface area is 111 Å². The summed E-state index contributed by atoms with van der Waals surface area (Å²) in [6, 6.07) is 11.0. The van der Waals surface area contributed by atoms with Crippen LogP contribution in [-0.4, -0.2) is 0 Å². The minimum absolute atomic E-state index is 0.288. The van der Waals surface area contributed by atoms with Gasteiger partial charge in [0.25, 0.3) is 0 Å². The zero-order valence-corrected chi connectivity index (χ0v) is 11.4. The molecule has 0 heterocycles. The molecule has 18 heavy (non-hydrogen) atoms. The van der Waals surface area contributed by atoms with E-state index < -0.39 is 0 Å². The Kier molecular flexibility index (Phi) is 3.92. The summed E-state index contributed by atoms with van der Waals surface area (Å²) in [5, 5.41) is 0. The molecular formula is C15H16FNS. The van der Waals surface area contributed by atoms with Gasteiger partial charge in [0.15, 0.2) is 0 Å². The fourth-order valence-electron chi connectivity index (χ4n) is 1.76. The topological polar surface area (TPSA) is 26.0 Å². The maximum Gasteiger partial charge on any atom is 0.125 e. The third-order valence-corrected chi connectivity index (χ3v) is 4.00. The second kappa shape index (κ2) is 5.44. The number of nitrogens with two attached hydrogens (primary N) is 1. The Morgan fingerprint density at radius 2 is 1.89 bits per heavy atom. The lowest BCUT2D eigenvalue weighted by Gasteiger charge is -2.08. The molecule has 2 N–H and O–H groups in total. The van der Waals surface area contributed by atoms with Crippen molar-refractivity contribution < 1.29 is 4.39 Å². The van der Waals surface area contributed by atoms with Crippen molar-refractivity contribution in [1.29, 1.82) is 0 Å².